The number of allylic oxidation sites excluding steroid dienone is 1. The first-order valence-electron chi connectivity index (χ1n) is 9.38. The minimum Gasteiger partial charge on any atom is -0.390 e. The van der Waals surface area contributed by atoms with E-state index in [0.29, 0.717) is 0 Å². The molecule has 0 aromatic rings. The fourth-order valence-corrected chi connectivity index (χ4v) is 6.37. The van der Waals surface area contributed by atoms with Gasteiger partial charge in [-0.05, 0) is 42.1 Å². The van der Waals surface area contributed by atoms with E-state index in [0.717, 1.165) is 31.3 Å². The van der Waals surface area contributed by atoms with E-state index in [4.69, 9.17) is 4.74 Å². The van der Waals surface area contributed by atoms with Crippen LogP contribution in [0.5, 0.6) is 0 Å². The quantitative estimate of drug-likeness (QED) is 0.754. The fraction of sp³-hybridized carbons (Fsp3) is 0.810. The number of hydrogen-bond donors (Lipinski definition) is 2. The highest BCUT2D eigenvalue weighted by atomic mass is 16.5. The molecular weight excluding hydrogens is 300 g/mol. The molecule has 0 bridgehead atoms. The van der Waals surface area contributed by atoms with Gasteiger partial charge in [-0.1, -0.05) is 45.8 Å². The zero-order valence-electron chi connectivity index (χ0n) is 15.9. The Morgan fingerprint density at radius 3 is 2.38 bits per heavy atom. The maximum absolute atomic E-state index is 11.1. The minimum atomic E-state index is -0.833. The summed E-state index contributed by atoms with van der Waals surface area (Å²) < 4.78 is 5.86. The average Bonchev–Trinajstić information content (AvgIpc) is 2.51. The van der Waals surface area contributed by atoms with Crippen molar-refractivity contribution in [1.82, 2.24) is 0 Å². The molecule has 3 aliphatic rings. The van der Waals surface area contributed by atoms with E-state index in [1.54, 1.807) is 7.11 Å². The van der Waals surface area contributed by atoms with Crippen LogP contribution >= 0.6 is 0 Å². The van der Waals surface area contributed by atoms with Crippen molar-refractivity contribution in [3.05, 3.63) is 23.8 Å². The van der Waals surface area contributed by atoms with Crippen molar-refractivity contribution in [2.45, 2.75) is 78.1 Å². The van der Waals surface area contributed by atoms with E-state index >= 15 is 0 Å². The van der Waals surface area contributed by atoms with Gasteiger partial charge >= 0.3 is 0 Å². The SMILES string of the molecule is C=C[C@@]1(C)CCC2=C([C@H](O)[C@@H](O)[C@H]3C(C)(C)CCC[C@]23C)[C@@H]1OC. The summed E-state index contributed by atoms with van der Waals surface area (Å²) in [6.45, 7) is 13.0. The molecule has 3 nitrogen and oxygen atoms in total. The molecule has 3 rings (SSSR count). The predicted octanol–water partition coefficient (Wildman–Crippen LogP) is 3.85. The highest BCUT2D eigenvalue weighted by Gasteiger charge is 2.60. The molecule has 0 aromatic carbocycles. The van der Waals surface area contributed by atoms with Crippen molar-refractivity contribution in [3.8, 4) is 0 Å². The van der Waals surface area contributed by atoms with Crippen LogP contribution in [0.1, 0.15) is 59.8 Å². The topological polar surface area (TPSA) is 49.7 Å². The molecule has 0 amide bonds. The first kappa shape index (κ1) is 18.2. The highest BCUT2D eigenvalue weighted by Crippen LogP contribution is 2.63. The van der Waals surface area contributed by atoms with Gasteiger partial charge in [0.15, 0.2) is 0 Å². The van der Waals surface area contributed by atoms with Gasteiger partial charge in [0.25, 0.3) is 0 Å². The van der Waals surface area contributed by atoms with Gasteiger partial charge in [-0.25, -0.2) is 0 Å². The maximum atomic E-state index is 11.1. The molecule has 6 atom stereocenters. The van der Waals surface area contributed by atoms with Crippen LogP contribution < -0.4 is 0 Å². The first-order valence-corrected chi connectivity index (χ1v) is 9.38. The van der Waals surface area contributed by atoms with Gasteiger partial charge in [-0.15, -0.1) is 6.58 Å². The van der Waals surface area contributed by atoms with Crippen LogP contribution in [0, 0.1) is 22.2 Å². The molecule has 2 N–H and O–H groups in total. The Kier molecular flexibility index (Phi) is 4.30. The smallest absolute Gasteiger partial charge is 0.104 e. The summed E-state index contributed by atoms with van der Waals surface area (Å²) in [4.78, 5) is 0. The number of hydrogen-bond acceptors (Lipinski definition) is 3. The van der Waals surface area contributed by atoms with Crippen molar-refractivity contribution in [1.29, 1.82) is 0 Å². The minimum absolute atomic E-state index is 0.0354. The molecule has 0 aliphatic heterocycles. The summed E-state index contributed by atoms with van der Waals surface area (Å²) >= 11 is 0. The van der Waals surface area contributed by atoms with Gasteiger partial charge in [0, 0.05) is 18.4 Å². The average molecular weight is 335 g/mol. The van der Waals surface area contributed by atoms with Crippen LogP contribution in [-0.2, 0) is 4.74 Å². The van der Waals surface area contributed by atoms with Gasteiger partial charge in [-0.3, -0.25) is 0 Å². The van der Waals surface area contributed by atoms with Crippen LogP contribution in [-0.4, -0.2) is 35.6 Å². The largest absolute Gasteiger partial charge is 0.390 e. The lowest BCUT2D eigenvalue weighted by atomic mass is 9.46. The van der Waals surface area contributed by atoms with E-state index in [2.05, 4.69) is 34.3 Å². The van der Waals surface area contributed by atoms with E-state index in [1.165, 1.54) is 12.0 Å². The summed E-state index contributed by atoms with van der Waals surface area (Å²) in [6, 6.07) is 0. The number of methoxy groups -OCH3 is 1. The van der Waals surface area contributed by atoms with Crippen molar-refractivity contribution in [2.75, 3.05) is 7.11 Å². The van der Waals surface area contributed by atoms with Crippen molar-refractivity contribution >= 4 is 0 Å². The van der Waals surface area contributed by atoms with Crippen LogP contribution in [0.2, 0.25) is 0 Å². The molecule has 0 spiro atoms. The standard InChI is InChI=1S/C21H34O3/c1-7-20(4)12-9-13-14(18(20)24-6)15(22)16(23)17-19(2,3)10-8-11-21(13,17)5/h7,15-18,22-23H,1,8-12H2,2-6H3/t15-,16+,17-,18-,20-,21+/m0/s1. The lowest BCUT2D eigenvalue weighted by Crippen LogP contribution is -2.60. The molecule has 0 heterocycles. The second-order valence-corrected chi connectivity index (χ2v) is 9.43. The van der Waals surface area contributed by atoms with Crippen LogP contribution in [0.3, 0.4) is 0 Å². The summed E-state index contributed by atoms with van der Waals surface area (Å²) in [7, 11) is 1.71. The monoisotopic (exact) mass is 334 g/mol. The van der Waals surface area contributed by atoms with E-state index < -0.39 is 12.2 Å². The third-order valence-electron chi connectivity index (χ3n) is 7.56. The van der Waals surface area contributed by atoms with E-state index in [-0.39, 0.29) is 28.3 Å². The lowest BCUT2D eigenvalue weighted by Gasteiger charge is -2.60. The highest BCUT2D eigenvalue weighted by molar-refractivity contribution is 5.40. The predicted molar refractivity (Wildman–Crippen MR) is 96.6 cm³/mol. The Balaban J connectivity index is 2.19. The van der Waals surface area contributed by atoms with Gasteiger partial charge < -0.3 is 14.9 Å². The zero-order chi connectivity index (χ0) is 17.9. The van der Waals surface area contributed by atoms with Gasteiger partial charge in [-0.2, -0.15) is 0 Å². The number of ether oxygens (including phenoxy) is 1. The number of rotatable bonds is 2. The Bertz CT molecular complexity index is 563. The zero-order valence-corrected chi connectivity index (χ0v) is 15.9. The normalized spacial score (nSPS) is 47.8. The molecule has 0 unspecified atom stereocenters. The first-order chi connectivity index (χ1) is 11.1. The van der Waals surface area contributed by atoms with Crippen molar-refractivity contribution in [3.63, 3.8) is 0 Å². The third-order valence-corrected chi connectivity index (χ3v) is 7.56. The Labute approximate surface area is 146 Å². The lowest BCUT2D eigenvalue weighted by molar-refractivity contribution is -0.131. The number of aliphatic hydroxyl groups is 2. The molecule has 0 saturated heterocycles. The van der Waals surface area contributed by atoms with Crippen molar-refractivity contribution in [2.24, 2.45) is 22.2 Å². The molecular formula is C21H34O3. The van der Waals surface area contributed by atoms with E-state index in [9.17, 15) is 10.2 Å². The molecule has 3 heteroatoms. The molecule has 1 fully saturated rings. The van der Waals surface area contributed by atoms with E-state index in [1.807, 2.05) is 6.08 Å². The van der Waals surface area contributed by atoms with Gasteiger partial charge in [0.2, 0.25) is 0 Å². The Hall–Kier alpha value is -0.640. The Morgan fingerprint density at radius 2 is 1.79 bits per heavy atom. The van der Waals surface area contributed by atoms with Crippen LogP contribution in [0.4, 0.5) is 0 Å². The van der Waals surface area contributed by atoms with Crippen molar-refractivity contribution < 1.29 is 14.9 Å². The maximum Gasteiger partial charge on any atom is 0.104 e. The summed E-state index contributed by atoms with van der Waals surface area (Å²) in [6.07, 6.45) is 5.52. The molecule has 24 heavy (non-hydrogen) atoms. The second-order valence-electron chi connectivity index (χ2n) is 9.43. The molecule has 3 aliphatic carbocycles. The molecule has 1 saturated carbocycles. The van der Waals surface area contributed by atoms with Crippen LogP contribution in [0.25, 0.3) is 0 Å². The summed E-state index contributed by atoms with van der Waals surface area (Å²) in [5, 5.41) is 22.2. The van der Waals surface area contributed by atoms with Gasteiger partial charge in [0.1, 0.15) is 6.10 Å². The summed E-state index contributed by atoms with van der Waals surface area (Å²) in [5.74, 6) is 0.0955. The number of fused-ring (bicyclic) bond motifs is 2. The molecule has 0 radical (unpaired) electrons. The third kappa shape index (κ3) is 2.28. The Morgan fingerprint density at radius 1 is 1.12 bits per heavy atom. The van der Waals surface area contributed by atoms with Crippen LogP contribution in [0.15, 0.2) is 23.8 Å². The second kappa shape index (κ2) is 5.69. The fourth-order valence-electron chi connectivity index (χ4n) is 6.37. The summed E-state index contributed by atoms with van der Waals surface area (Å²) in [5.41, 5.74) is 2.09. The van der Waals surface area contributed by atoms with Gasteiger partial charge in [0.05, 0.1) is 12.2 Å². The molecule has 136 valence electrons. The number of aliphatic hydroxyl groups excluding tert-OH is 2. The molecule has 0 aromatic heterocycles.